The third-order valence-corrected chi connectivity index (χ3v) is 8.07. The summed E-state index contributed by atoms with van der Waals surface area (Å²) >= 11 is 0. The minimum absolute atomic E-state index is 0.301. The number of benzene rings is 1. The number of morpholine rings is 1. The second-order valence-corrected chi connectivity index (χ2v) is 10.6. The molecule has 42 heavy (non-hydrogen) atoms. The van der Waals surface area contributed by atoms with E-state index >= 15 is 0 Å². The second kappa shape index (κ2) is 13.0. The van der Waals surface area contributed by atoms with Crippen molar-refractivity contribution in [3.05, 3.63) is 35.7 Å². The van der Waals surface area contributed by atoms with Gasteiger partial charge in [0.05, 0.1) is 32.5 Å². The van der Waals surface area contributed by atoms with Crippen molar-refractivity contribution in [1.82, 2.24) is 29.3 Å². The van der Waals surface area contributed by atoms with E-state index in [0.29, 0.717) is 53.8 Å². The molecular formula is C29H39N9O4. The lowest BCUT2D eigenvalue weighted by Crippen LogP contribution is -2.46. The van der Waals surface area contributed by atoms with Crippen molar-refractivity contribution in [3.63, 3.8) is 0 Å². The summed E-state index contributed by atoms with van der Waals surface area (Å²) < 4.78 is 19.3. The van der Waals surface area contributed by atoms with Crippen LogP contribution in [0.4, 0.5) is 11.8 Å². The van der Waals surface area contributed by atoms with Crippen molar-refractivity contribution in [1.29, 1.82) is 0 Å². The maximum absolute atomic E-state index is 13.2. The van der Waals surface area contributed by atoms with E-state index in [0.717, 1.165) is 83.2 Å². The highest BCUT2D eigenvalue weighted by Crippen LogP contribution is 2.37. The van der Waals surface area contributed by atoms with E-state index in [1.807, 2.05) is 16.7 Å². The summed E-state index contributed by atoms with van der Waals surface area (Å²) in [5.41, 5.74) is 1.21. The number of hydrogen-bond acceptors (Lipinski definition) is 11. The number of aromatic nitrogens is 4. The van der Waals surface area contributed by atoms with E-state index < -0.39 is 5.91 Å². The van der Waals surface area contributed by atoms with Crippen molar-refractivity contribution in [2.75, 3.05) is 96.0 Å². The van der Waals surface area contributed by atoms with Crippen LogP contribution in [0.2, 0.25) is 0 Å². The van der Waals surface area contributed by atoms with Crippen LogP contribution >= 0.6 is 0 Å². The fourth-order valence-corrected chi connectivity index (χ4v) is 5.65. The number of anilines is 2. The number of ether oxygens (including phenoxy) is 3. The fourth-order valence-electron chi connectivity index (χ4n) is 5.65. The maximum Gasteiger partial charge on any atom is 0.283 e. The number of fused-ring (bicyclic) bond motifs is 3. The Hall–Kier alpha value is -3.81. The molecule has 0 aliphatic carbocycles. The van der Waals surface area contributed by atoms with E-state index in [9.17, 15) is 4.79 Å². The van der Waals surface area contributed by atoms with Gasteiger partial charge in [-0.15, -0.1) is 0 Å². The molecule has 2 saturated heterocycles. The zero-order chi connectivity index (χ0) is 28.9. The second-order valence-electron chi connectivity index (χ2n) is 10.6. The monoisotopic (exact) mass is 577 g/mol. The summed E-state index contributed by atoms with van der Waals surface area (Å²) in [6.45, 7) is 13.2. The Bertz CT molecular complexity index is 1460. The molecule has 2 aromatic heterocycles. The third-order valence-electron chi connectivity index (χ3n) is 8.07. The predicted molar refractivity (Wildman–Crippen MR) is 158 cm³/mol. The Labute approximate surface area is 245 Å². The SMILES string of the molecule is CCN1CCN(c2ncc(C(=O)N=c3nc4c(OC)c(OCCCN5CCOCC5)ccc4c4n3CCN4)cn2)CC1. The van der Waals surface area contributed by atoms with Crippen LogP contribution in [0.1, 0.15) is 23.7 Å². The molecule has 6 rings (SSSR count). The molecule has 0 radical (unpaired) electrons. The lowest BCUT2D eigenvalue weighted by Gasteiger charge is -2.33. The predicted octanol–water partition coefficient (Wildman–Crippen LogP) is 1.24. The first-order chi connectivity index (χ1) is 20.6. The quantitative estimate of drug-likeness (QED) is 0.370. The summed E-state index contributed by atoms with van der Waals surface area (Å²) in [6.07, 6.45) is 3.99. The number of carbonyl (C=O) groups is 1. The van der Waals surface area contributed by atoms with Gasteiger partial charge in [0.1, 0.15) is 11.3 Å². The molecule has 13 heteroatoms. The van der Waals surface area contributed by atoms with Gasteiger partial charge in [-0.25, -0.2) is 15.0 Å². The third kappa shape index (κ3) is 6.03. The minimum atomic E-state index is -0.444. The number of piperazine rings is 1. The number of methoxy groups -OCH3 is 1. The van der Waals surface area contributed by atoms with Gasteiger partial charge in [-0.2, -0.15) is 4.99 Å². The summed E-state index contributed by atoms with van der Waals surface area (Å²) in [5.74, 6) is 2.17. The van der Waals surface area contributed by atoms with Gasteiger partial charge in [0.25, 0.3) is 5.91 Å². The van der Waals surface area contributed by atoms with Gasteiger partial charge in [0.2, 0.25) is 11.6 Å². The molecule has 5 heterocycles. The average Bonchev–Trinajstić information content (AvgIpc) is 3.54. The smallest absolute Gasteiger partial charge is 0.283 e. The highest BCUT2D eigenvalue weighted by Gasteiger charge is 2.22. The molecule has 1 aromatic carbocycles. The Kier molecular flexibility index (Phi) is 8.77. The molecule has 3 aliphatic rings. The van der Waals surface area contributed by atoms with Crippen LogP contribution in [0.3, 0.4) is 0 Å². The molecule has 13 nitrogen and oxygen atoms in total. The molecule has 0 atom stereocenters. The highest BCUT2D eigenvalue weighted by molar-refractivity contribution is 5.96. The van der Waals surface area contributed by atoms with E-state index in [-0.39, 0.29) is 0 Å². The largest absolute Gasteiger partial charge is 0.491 e. The van der Waals surface area contributed by atoms with E-state index in [2.05, 4.69) is 41.9 Å². The average molecular weight is 578 g/mol. The van der Waals surface area contributed by atoms with Crippen molar-refractivity contribution >= 4 is 28.6 Å². The van der Waals surface area contributed by atoms with Crippen molar-refractivity contribution in [2.24, 2.45) is 4.99 Å². The van der Waals surface area contributed by atoms with E-state index in [1.54, 1.807) is 19.5 Å². The lowest BCUT2D eigenvalue weighted by atomic mass is 10.2. The van der Waals surface area contributed by atoms with Crippen LogP contribution in [0.15, 0.2) is 29.5 Å². The van der Waals surface area contributed by atoms with Gasteiger partial charge in [-0.3, -0.25) is 14.3 Å². The first-order valence-corrected chi connectivity index (χ1v) is 14.8. The van der Waals surface area contributed by atoms with Gasteiger partial charge in [0.15, 0.2) is 11.5 Å². The summed E-state index contributed by atoms with van der Waals surface area (Å²) in [7, 11) is 1.60. The molecule has 3 aromatic rings. The zero-order valence-electron chi connectivity index (χ0n) is 24.4. The van der Waals surface area contributed by atoms with Gasteiger partial charge in [0, 0.05) is 76.7 Å². The van der Waals surface area contributed by atoms with Crippen LogP contribution in [-0.4, -0.2) is 121 Å². The molecule has 224 valence electrons. The van der Waals surface area contributed by atoms with Gasteiger partial charge < -0.3 is 29.3 Å². The standard InChI is InChI=1S/C29H39N9O4/c1-3-35-10-12-37(13-11-35)28-31-19-21(20-32-28)27(39)34-29-33-24-22(26-30-7-9-38(26)29)5-6-23(25(24)40-2)42-16-4-8-36-14-17-41-18-15-36/h5-6,19-20,30H,3-4,7-18H2,1-2H3. The zero-order valence-corrected chi connectivity index (χ0v) is 24.4. The lowest BCUT2D eigenvalue weighted by molar-refractivity contribution is 0.0357. The number of carbonyl (C=O) groups excluding carboxylic acids is 1. The summed E-state index contributed by atoms with van der Waals surface area (Å²) in [6, 6.07) is 3.90. The minimum Gasteiger partial charge on any atom is -0.491 e. The molecule has 1 N–H and O–H groups in total. The summed E-state index contributed by atoms with van der Waals surface area (Å²) in [4.78, 5) is 38.3. The highest BCUT2D eigenvalue weighted by atomic mass is 16.5. The van der Waals surface area contributed by atoms with Gasteiger partial charge >= 0.3 is 0 Å². The molecule has 0 unspecified atom stereocenters. The molecule has 2 fully saturated rings. The van der Waals surface area contributed by atoms with E-state index in [1.165, 1.54) is 0 Å². The fraction of sp³-hybridized carbons (Fsp3) is 0.552. The number of likely N-dealkylation sites (N-methyl/N-ethyl adjacent to an activating group) is 1. The molecule has 1 amide bonds. The Balaban J connectivity index is 1.22. The number of nitrogens with one attached hydrogen (secondary N) is 1. The van der Waals surface area contributed by atoms with Crippen LogP contribution in [0.25, 0.3) is 10.9 Å². The van der Waals surface area contributed by atoms with Crippen LogP contribution in [0, 0.1) is 0 Å². The van der Waals surface area contributed by atoms with Crippen LogP contribution < -0.4 is 25.3 Å². The Morgan fingerprint density at radius 2 is 1.83 bits per heavy atom. The molecular weight excluding hydrogens is 538 g/mol. The number of nitrogens with zero attached hydrogens (tertiary/aromatic N) is 8. The molecule has 0 spiro atoms. The number of amides is 1. The van der Waals surface area contributed by atoms with Gasteiger partial charge in [-0.1, -0.05) is 6.92 Å². The van der Waals surface area contributed by atoms with Crippen molar-refractivity contribution in [2.45, 2.75) is 19.9 Å². The Morgan fingerprint density at radius 1 is 1.05 bits per heavy atom. The number of rotatable bonds is 9. The van der Waals surface area contributed by atoms with Crippen molar-refractivity contribution < 1.29 is 19.0 Å². The first kappa shape index (κ1) is 28.3. The topological polar surface area (TPSA) is 122 Å². The molecule has 0 bridgehead atoms. The van der Waals surface area contributed by atoms with Crippen LogP contribution in [-0.2, 0) is 11.3 Å². The molecule has 3 aliphatic heterocycles. The first-order valence-electron chi connectivity index (χ1n) is 14.8. The summed E-state index contributed by atoms with van der Waals surface area (Å²) in [5, 5.41) is 4.29. The maximum atomic E-state index is 13.2. The van der Waals surface area contributed by atoms with Gasteiger partial charge in [-0.05, 0) is 25.1 Å². The van der Waals surface area contributed by atoms with Crippen molar-refractivity contribution in [3.8, 4) is 11.5 Å². The Morgan fingerprint density at radius 3 is 2.57 bits per heavy atom. The molecule has 0 saturated carbocycles. The number of hydrogen-bond donors (Lipinski definition) is 1. The van der Waals surface area contributed by atoms with Crippen LogP contribution in [0.5, 0.6) is 11.5 Å². The van der Waals surface area contributed by atoms with E-state index in [4.69, 9.17) is 19.2 Å². The normalized spacial score (nSPS) is 18.2.